The van der Waals surface area contributed by atoms with E-state index in [0.717, 1.165) is 6.07 Å². The fraction of sp³-hybridized carbons (Fsp3) is 0.462. The zero-order chi connectivity index (χ0) is 13.5. The first-order valence-electron chi connectivity index (χ1n) is 5.93. The van der Waals surface area contributed by atoms with E-state index in [-0.39, 0.29) is 6.04 Å². The summed E-state index contributed by atoms with van der Waals surface area (Å²) in [6.07, 6.45) is 0.535. The van der Waals surface area contributed by atoms with Gasteiger partial charge in [-0.2, -0.15) is 0 Å². The number of halogens is 2. The Morgan fingerprint density at radius 2 is 1.83 bits per heavy atom. The molecule has 0 spiro atoms. The summed E-state index contributed by atoms with van der Waals surface area (Å²) in [6, 6.07) is 3.82. The van der Waals surface area contributed by atoms with Gasteiger partial charge in [-0.1, -0.05) is 0 Å². The van der Waals surface area contributed by atoms with Gasteiger partial charge in [0.2, 0.25) is 0 Å². The smallest absolute Gasteiger partial charge is 0.191 e. The fourth-order valence-corrected chi connectivity index (χ4v) is 1.55. The first kappa shape index (κ1) is 14.4. The van der Waals surface area contributed by atoms with Gasteiger partial charge in [0, 0.05) is 25.7 Å². The Labute approximate surface area is 106 Å². The van der Waals surface area contributed by atoms with E-state index < -0.39 is 11.6 Å². The van der Waals surface area contributed by atoms with E-state index >= 15 is 0 Å². The topological polar surface area (TPSA) is 36.4 Å². The largest absolute Gasteiger partial charge is 0.356 e. The van der Waals surface area contributed by atoms with Crippen molar-refractivity contribution in [1.82, 2.24) is 10.6 Å². The van der Waals surface area contributed by atoms with E-state index in [1.165, 1.54) is 12.1 Å². The number of rotatable bonds is 4. The monoisotopic (exact) mass is 255 g/mol. The minimum atomic E-state index is -0.547. The van der Waals surface area contributed by atoms with Gasteiger partial charge in [-0.25, -0.2) is 8.78 Å². The predicted octanol–water partition coefficient (Wildman–Crippen LogP) is 2.08. The van der Waals surface area contributed by atoms with Crippen LogP contribution in [0, 0.1) is 11.6 Å². The summed E-state index contributed by atoms with van der Waals surface area (Å²) >= 11 is 0. The molecule has 0 heterocycles. The second-order valence-electron chi connectivity index (χ2n) is 4.33. The Hall–Kier alpha value is -1.65. The van der Waals surface area contributed by atoms with E-state index in [2.05, 4.69) is 15.6 Å². The number of aliphatic imine (C=N–C) groups is 1. The molecule has 0 aliphatic carbocycles. The summed E-state index contributed by atoms with van der Waals surface area (Å²) in [5, 5.41) is 6.21. The van der Waals surface area contributed by atoms with Crippen LogP contribution in [0.4, 0.5) is 8.78 Å². The van der Waals surface area contributed by atoms with E-state index in [9.17, 15) is 8.78 Å². The molecule has 0 saturated carbocycles. The number of nitrogens with one attached hydrogen (secondary N) is 2. The lowest BCUT2D eigenvalue weighted by molar-refractivity contribution is 0.579. The molecule has 5 heteroatoms. The molecular formula is C13H19F2N3. The normalized spacial score (nSPS) is 11.8. The van der Waals surface area contributed by atoms with Crippen LogP contribution >= 0.6 is 0 Å². The molecule has 0 aromatic heterocycles. The van der Waals surface area contributed by atoms with Gasteiger partial charge in [0.05, 0.1) is 0 Å². The maximum Gasteiger partial charge on any atom is 0.191 e. The number of nitrogens with zero attached hydrogens (tertiary/aromatic N) is 1. The van der Waals surface area contributed by atoms with Gasteiger partial charge in [0.1, 0.15) is 11.6 Å². The standard InChI is InChI=1S/C13H19F2N3/c1-9(2)18-13(16-3)17-5-4-10-6-11(14)8-12(15)7-10/h6-9H,4-5H2,1-3H3,(H2,16,17,18). The highest BCUT2D eigenvalue weighted by Crippen LogP contribution is 2.07. The second kappa shape index (κ2) is 6.93. The fourth-order valence-electron chi connectivity index (χ4n) is 1.55. The molecule has 3 nitrogen and oxygen atoms in total. The third-order valence-electron chi connectivity index (χ3n) is 2.28. The van der Waals surface area contributed by atoms with Crippen LogP contribution in [0.3, 0.4) is 0 Å². The van der Waals surface area contributed by atoms with Crippen molar-refractivity contribution in [2.24, 2.45) is 4.99 Å². The van der Waals surface area contributed by atoms with E-state index in [1.54, 1.807) is 7.05 Å². The Morgan fingerprint density at radius 3 is 2.33 bits per heavy atom. The number of hydrogen-bond donors (Lipinski definition) is 2. The molecule has 18 heavy (non-hydrogen) atoms. The van der Waals surface area contributed by atoms with Gasteiger partial charge >= 0.3 is 0 Å². The summed E-state index contributed by atoms with van der Waals surface area (Å²) in [5.41, 5.74) is 0.625. The summed E-state index contributed by atoms with van der Waals surface area (Å²) in [7, 11) is 1.68. The Bertz CT molecular complexity index is 396. The highest BCUT2D eigenvalue weighted by molar-refractivity contribution is 5.79. The molecular weight excluding hydrogens is 236 g/mol. The van der Waals surface area contributed by atoms with Gasteiger partial charge in [-0.15, -0.1) is 0 Å². The summed E-state index contributed by atoms with van der Waals surface area (Å²) < 4.78 is 25.9. The lowest BCUT2D eigenvalue weighted by Gasteiger charge is -2.14. The maximum absolute atomic E-state index is 13.0. The number of guanidine groups is 1. The van der Waals surface area contributed by atoms with Crippen molar-refractivity contribution in [1.29, 1.82) is 0 Å². The van der Waals surface area contributed by atoms with Gasteiger partial charge in [0.15, 0.2) is 5.96 Å². The van der Waals surface area contributed by atoms with Crippen molar-refractivity contribution < 1.29 is 8.78 Å². The highest BCUT2D eigenvalue weighted by atomic mass is 19.1. The van der Waals surface area contributed by atoms with Crippen molar-refractivity contribution in [2.45, 2.75) is 26.3 Å². The van der Waals surface area contributed by atoms with Gasteiger partial charge < -0.3 is 10.6 Å². The lowest BCUT2D eigenvalue weighted by Crippen LogP contribution is -2.41. The molecule has 1 aromatic carbocycles. The van der Waals surface area contributed by atoms with Crippen molar-refractivity contribution in [3.8, 4) is 0 Å². The first-order chi connectivity index (χ1) is 8.51. The van der Waals surface area contributed by atoms with Gasteiger partial charge in [-0.3, -0.25) is 4.99 Å². The van der Waals surface area contributed by atoms with Gasteiger partial charge in [0.25, 0.3) is 0 Å². The van der Waals surface area contributed by atoms with Crippen LogP contribution in [-0.4, -0.2) is 25.6 Å². The van der Waals surface area contributed by atoms with Crippen molar-refractivity contribution in [3.05, 3.63) is 35.4 Å². The van der Waals surface area contributed by atoms with Crippen molar-refractivity contribution in [2.75, 3.05) is 13.6 Å². The SMILES string of the molecule is CN=C(NCCc1cc(F)cc(F)c1)NC(C)C. The summed E-state index contributed by atoms with van der Waals surface area (Å²) in [6.45, 7) is 4.58. The Balaban J connectivity index is 2.45. The molecule has 0 atom stereocenters. The van der Waals surface area contributed by atoms with Crippen LogP contribution < -0.4 is 10.6 Å². The molecule has 1 aromatic rings. The average molecular weight is 255 g/mol. The highest BCUT2D eigenvalue weighted by Gasteiger charge is 2.02. The number of benzene rings is 1. The van der Waals surface area contributed by atoms with E-state index in [1.807, 2.05) is 13.8 Å². The molecule has 0 fully saturated rings. The molecule has 0 amide bonds. The average Bonchev–Trinajstić information content (AvgIpc) is 2.25. The van der Waals surface area contributed by atoms with E-state index in [0.29, 0.717) is 24.5 Å². The predicted molar refractivity (Wildman–Crippen MR) is 69.7 cm³/mol. The Kier molecular flexibility index (Phi) is 5.55. The third kappa shape index (κ3) is 5.12. The van der Waals surface area contributed by atoms with Gasteiger partial charge in [-0.05, 0) is 38.0 Å². The molecule has 0 bridgehead atoms. The van der Waals surface area contributed by atoms with Crippen molar-refractivity contribution in [3.63, 3.8) is 0 Å². The molecule has 0 aliphatic heterocycles. The first-order valence-corrected chi connectivity index (χ1v) is 5.93. The van der Waals surface area contributed by atoms with E-state index in [4.69, 9.17) is 0 Å². The van der Waals surface area contributed by atoms with Crippen LogP contribution in [0.2, 0.25) is 0 Å². The third-order valence-corrected chi connectivity index (χ3v) is 2.28. The molecule has 0 radical (unpaired) electrons. The molecule has 0 saturated heterocycles. The summed E-state index contributed by atoms with van der Waals surface area (Å²) in [4.78, 5) is 4.04. The van der Waals surface area contributed by atoms with Crippen molar-refractivity contribution >= 4 is 5.96 Å². The van der Waals surface area contributed by atoms with Crippen LogP contribution in [0.15, 0.2) is 23.2 Å². The molecule has 0 aliphatic rings. The molecule has 1 rings (SSSR count). The second-order valence-corrected chi connectivity index (χ2v) is 4.33. The lowest BCUT2D eigenvalue weighted by atomic mass is 10.1. The van der Waals surface area contributed by atoms with Crippen LogP contribution in [0.5, 0.6) is 0 Å². The quantitative estimate of drug-likeness (QED) is 0.638. The maximum atomic E-state index is 13.0. The minimum Gasteiger partial charge on any atom is -0.356 e. The van der Waals surface area contributed by atoms with Crippen LogP contribution in [-0.2, 0) is 6.42 Å². The zero-order valence-electron chi connectivity index (χ0n) is 10.9. The van der Waals surface area contributed by atoms with Crippen LogP contribution in [0.25, 0.3) is 0 Å². The molecule has 0 unspecified atom stereocenters. The Morgan fingerprint density at radius 1 is 1.22 bits per heavy atom. The van der Waals surface area contributed by atoms with Crippen LogP contribution in [0.1, 0.15) is 19.4 Å². The molecule has 100 valence electrons. The summed E-state index contributed by atoms with van der Waals surface area (Å²) in [5.74, 6) is -0.411. The number of hydrogen-bond acceptors (Lipinski definition) is 1. The molecule has 2 N–H and O–H groups in total. The zero-order valence-corrected chi connectivity index (χ0v) is 10.9. The minimum absolute atomic E-state index is 0.280.